The van der Waals surface area contributed by atoms with Gasteiger partial charge in [0.1, 0.15) is 5.75 Å². The number of hydrogen-bond donors (Lipinski definition) is 2. The zero-order valence-electron chi connectivity index (χ0n) is 15.0. The number of rotatable bonds is 10. The maximum atomic E-state index is 12.1. The Balaban J connectivity index is 1.68. The Bertz CT molecular complexity index is 687. The molecule has 0 fully saturated rings. The molecule has 0 radical (unpaired) electrons. The molecule has 6 nitrogen and oxygen atoms in total. The molecule has 26 heavy (non-hydrogen) atoms. The van der Waals surface area contributed by atoms with Crippen molar-refractivity contribution in [3.8, 4) is 5.75 Å². The second-order valence-electron chi connectivity index (χ2n) is 5.88. The maximum absolute atomic E-state index is 12.1. The Labute approximate surface area is 154 Å². The summed E-state index contributed by atoms with van der Waals surface area (Å²) >= 11 is 0. The number of benzene rings is 1. The third-order valence-corrected chi connectivity index (χ3v) is 3.70. The molecule has 0 saturated carbocycles. The van der Waals surface area contributed by atoms with Gasteiger partial charge in [0.2, 0.25) is 5.91 Å². The highest BCUT2D eigenvalue weighted by atomic mass is 16.5. The average Bonchev–Trinajstić information content (AvgIpc) is 2.67. The summed E-state index contributed by atoms with van der Waals surface area (Å²) < 4.78 is 5.52. The van der Waals surface area contributed by atoms with E-state index in [1.807, 2.05) is 19.1 Å². The number of amides is 2. The highest BCUT2D eigenvalue weighted by Gasteiger charge is 2.06. The monoisotopic (exact) mass is 355 g/mol. The molecule has 0 aliphatic carbocycles. The van der Waals surface area contributed by atoms with Crippen LogP contribution >= 0.6 is 0 Å². The minimum Gasteiger partial charge on any atom is -0.492 e. The molecule has 1 aromatic carbocycles. The Morgan fingerprint density at radius 3 is 2.62 bits per heavy atom. The molecule has 138 valence electrons. The Morgan fingerprint density at radius 1 is 1.12 bits per heavy atom. The molecule has 0 aliphatic rings. The number of hydrogen-bond acceptors (Lipinski definition) is 4. The molecule has 0 aliphatic heterocycles. The van der Waals surface area contributed by atoms with Gasteiger partial charge in [0.05, 0.1) is 12.8 Å². The van der Waals surface area contributed by atoms with Crippen molar-refractivity contribution in [3.63, 3.8) is 0 Å². The van der Waals surface area contributed by atoms with E-state index in [0.717, 1.165) is 18.6 Å². The first-order valence-corrected chi connectivity index (χ1v) is 8.90. The molecule has 0 spiro atoms. The Morgan fingerprint density at radius 2 is 1.92 bits per heavy atom. The van der Waals surface area contributed by atoms with Gasteiger partial charge in [-0.1, -0.05) is 13.3 Å². The predicted octanol–water partition coefficient (Wildman–Crippen LogP) is 3.41. The Hall–Kier alpha value is -2.89. The fraction of sp³-hybridized carbons (Fsp3) is 0.350. The number of nitrogens with zero attached hydrogens (tertiary/aromatic N) is 1. The van der Waals surface area contributed by atoms with Crippen LogP contribution in [0, 0.1) is 0 Å². The van der Waals surface area contributed by atoms with E-state index in [1.54, 1.807) is 36.7 Å². The lowest BCUT2D eigenvalue weighted by Crippen LogP contribution is -2.25. The minimum absolute atomic E-state index is 0.00216. The molecule has 2 rings (SSSR count). The van der Waals surface area contributed by atoms with E-state index >= 15 is 0 Å². The summed E-state index contributed by atoms with van der Waals surface area (Å²) in [6, 6.07) is 10.5. The topological polar surface area (TPSA) is 80.3 Å². The lowest BCUT2D eigenvalue weighted by atomic mass is 10.2. The van der Waals surface area contributed by atoms with Crippen LogP contribution in [-0.2, 0) is 4.79 Å². The molecule has 6 heteroatoms. The van der Waals surface area contributed by atoms with Gasteiger partial charge in [0.25, 0.3) is 5.91 Å². The van der Waals surface area contributed by atoms with Gasteiger partial charge in [-0.15, -0.1) is 0 Å². The van der Waals surface area contributed by atoms with Crippen molar-refractivity contribution in [2.75, 3.05) is 18.5 Å². The van der Waals surface area contributed by atoms with E-state index in [1.165, 1.54) is 0 Å². The molecule has 0 bridgehead atoms. The van der Waals surface area contributed by atoms with Crippen molar-refractivity contribution in [3.05, 3.63) is 54.4 Å². The molecule has 2 N–H and O–H groups in total. The van der Waals surface area contributed by atoms with Crippen molar-refractivity contribution in [2.24, 2.45) is 0 Å². The first-order chi connectivity index (χ1) is 12.7. The van der Waals surface area contributed by atoms with Crippen LogP contribution < -0.4 is 15.4 Å². The fourth-order valence-corrected chi connectivity index (χ4v) is 2.26. The van der Waals surface area contributed by atoms with E-state index < -0.39 is 0 Å². The first kappa shape index (κ1) is 19.4. The van der Waals surface area contributed by atoms with Gasteiger partial charge in [-0.25, -0.2) is 0 Å². The molecular formula is C20H25N3O3. The number of carbonyl (C=O) groups is 2. The van der Waals surface area contributed by atoms with E-state index in [-0.39, 0.29) is 11.8 Å². The summed E-state index contributed by atoms with van der Waals surface area (Å²) in [5.74, 6) is 0.573. The number of nitrogens with one attached hydrogen (secondary N) is 2. The molecule has 1 aromatic heterocycles. The SMILES string of the molecule is CCCCC(=O)Nc1ccc(C(=O)NCCCOc2cccnc2)cc1. The summed E-state index contributed by atoms with van der Waals surface area (Å²) in [6.45, 7) is 3.08. The summed E-state index contributed by atoms with van der Waals surface area (Å²) in [7, 11) is 0. The summed E-state index contributed by atoms with van der Waals surface area (Å²) in [6.07, 6.45) is 6.42. The van der Waals surface area contributed by atoms with Crippen LogP contribution in [0.2, 0.25) is 0 Å². The lowest BCUT2D eigenvalue weighted by Gasteiger charge is -2.08. The average molecular weight is 355 g/mol. The van der Waals surface area contributed by atoms with Crippen molar-refractivity contribution < 1.29 is 14.3 Å². The van der Waals surface area contributed by atoms with Gasteiger partial charge in [-0.05, 0) is 49.2 Å². The lowest BCUT2D eigenvalue weighted by molar-refractivity contribution is -0.116. The van der Waals surface area contributed by atoms with E-state index in [4.69, 9.17) is 4.74 Å². The first-order valence-electron chi connectivity index (χ1n) is 8.90. The number of anilines is 1. The highest BCUT2D eigenvalue weighted by Crippen LogP contribution is 2.11. The smallest absolute Gasteiger partial charge is 0.251 e. The molecule has 2 amide bonds. The van der Waals surface area contributed by atoms with E-state index in [0.29, 0.717) is 37.2 Å². The van der Waals surface area contributed by atoms with Gasteiger partial charge < -0.3 is 15.4 Å². The standard InChI is InChI=1S/C20H25N3O3/c1-2-3-7-19(24)23-17-10-8-16(9-11-17)20(25)22-13-5-14-26-18-6-4-12-21-15-18/h4,6,8-12,15H,2-3,5,7,13-14H2,1H3,(H,22,25)(H,23,24). The van der Waals surface area contributed by atoms with Crippen molar-refractivity contribution in [2.45, 2.75) is 32.6 Å². The number of carbonyl (C=O) groups excluding carboxylic acids is 2. The van der Waals surface area contributed by atoms with E-state index in [2.05, 4.69) is 15.6 Å². The second kappa shape index (κ2) is 10.9. The third-order valence-electron chi connectivity index (χ3n) is 3.70. The van der Waals surface area contributed by atoms with Crippen LogP contribution in [0.5, 0.6) is 5.75 Å². The second-order valence-corrected chi connectivity index (χ2v) is 5.88. The number of pyridine rings is 1. The number of aromatic nitrogens is 1. The number of unbranched alkanes of at least 4 members (excludes halogenated alkanes) is 1. The van der Waals surface area contributed by atoms with Crippen LogP contribution in [0.1, 0.15) is 43.0 Å². The quantitative estimate of drug-likeness (QED) is 0.640. The third kappa shape index (κ3) is 6.93. The molecule has 0 unspecified atom stereocenters. The normalized spacial score (nSPS) is 10.2. The van der Waals surface area contributed by atoms with Gasteiger partial charge in [0, 0.05) is 30.4 Å². The van der Waals surface area contributed by atoms with Crippen LogP contribution in [0.4, 0.5) is 5.69 Å². The van der Waals surface area contributed by atoms with Crippen LogP contribution in [-0.4, -0.2) is 29.9 Å². The molecule has 0 saturated heterocycles. The zero-order chi connectivity index (χ0) is 18.6. The zero-order valence-corrected chi connectivity index (χ0v) is 15.0. The van der Waals surface area contributed by atoms with Crippen LogP contribution in [0.25, 0.3) is 0 Å². The van der Waals surface area contributed by atoms with Crippen LogP contribution in [0.15, 0.2) is 48.8 Å². The maximum Gasteiger partial charge on any atom is 0.251 e. The summed E-state index contributed by atoms with van der Waals surface area (Å²) in [5, 5.41) is 5.68. The molecule has 1 heterocycles. The predicted molar refractivity (Wildman–Crippen MR) is 101 cm³/mol. The van der Waals surface area contributed by atoms with Crippen molar-refractivity contribution in [1.29, 1.82) is 0 Å². The molecule has 0 atom stereocenters. The Kier molecular flexibility index (Phi) is 8.12. The van der Waals surface area contributed by atoms with Gasteiger partial charge in [-0.3, -0.25) is 14.6 Å². The van der Waals surface area contributed by atoms with Crippen molar-refractivity contribution >= 4 is 17.5 Å². The summed E-state index contributed by atoms with van der Waals surface area (Å²) in [5.41, 5.74) is 1.26. The largest absolute Gasteiger partial charge is 0.492 e. The van der Waals surface area contributed by atoms with Crippen LogP contribution in [0.3, 0.4) is 0 Å². The van der Waals surface area contributed by atoms with Gasteiger partial charge in [-0.2, -0.15) is 0 Å². The summed E-state index contributed by atoms with van der Waals surface area (Å²) in [4.78, 5) is 27.8. The van der Waals surface area contributed by atoms with E-state index in [9.17, 15) is 9.59 Å². The highest BCUT2D eigenvalue weighted by molar-refractivity contribution is 5.95. The fourth-order valence-electron chi connectivity index (χ4n) is 2.26. The molecule has 2 aromatic rings. The minimum atomic E-state index is -0.143. The number of ether oxygens (including phenoxy) is 1. The molecular weight excluding hydrogens is 330 g/mol. The van der Waals surface area contributed by atoms with Gasteiger partial charge >= 0.3 is 0 Å². The van der Waals surface area contributed by atoms with Gasteiger partial charge in [0.15, 0.2) is 0 Å². The van der Waals surface area contributed by atoms with Crippen molar-refractivity contribution in [1.82, 2.24) is 10.3 Å².